The van der Waals surface area contributed by atoms with Crippen molar-refractivity contribution in [2.45, 2.75) is 32.7 Å². The van der Waals surface area contributed by atoms with Crippen LogP contribution in [0.1, 0.15) is 33.0 Å². The molecule has 0 amide bonds. The molecule has 5 heteroatoms. The van der Waals surface area contributed by atoms with Gasteiger partial charge in [0.2, 0.25) is 0 Å². The van der Waals surface area contributed by atoms with Gasteiger partial charge in [-0.15, -0.1) is 0 Å². The van der Waals surface area contributed by atoms with Crippen LogP contribution in [0.4, 0.5) is 8.78 Å². The highest BCUT2D eigenvalue weighted by Gasteiger charge is 2.23. The fourth-order valence-corrected chi connectivity index (χ4v) is 1.40. The molecule has 0 aliphatic carbocycles. The van der Waals surface area contributed by atoms with E-state index in [4.69, 9.17) is 11.6 Å². The smallest absolute Gasteiger partial charge is 0.210 e. The van der Waals surface area contributed by atoms with E-state index in [-0.39, 0.29) is 10.4 Å². The Hall–Kier alpha value is -0.640. The molecule has 1 aromatic rings. The average Bonchev–Trinajstić information content (AvgIpc) is 2.29. The van der Waals surface area contributed by atoms with Gasteiger partial charge in [0.25, 0.3) is 0 Å². The van der Waals surface area contributed by atoms with Crippen molar-refractivity contribution in [3.05, 3.63) is 16.9 Å². The molecule has 13 heavy (non-hydrogen) atoms. The van der Waals surface area contributed by atoms with Crippen LogP contribution < -0.4 is 0 Å². The quantitative estimate of drug-likeness (QED) is 0.693. The predicted molar refractivity (Wildman–Crippen MR) is 47.2 cm³/mol. The third-order valence-electron chi connectivity index (χ3n) is 1.60. The minimum absolute atomic E-state index is 0.285. The molecule has 0 aromatic carbocycles. The Morgan fingerprint density at radius 1 is 1.46 bits per heavy atom. The molecule has 0 unspecified atom stereocenters. The summed E-state index contributed by atoms with van der Waals surface area (Å²) in [5, 5.41) is 4.00. The molecule has 2 nitrogen and oxygen atoms in total. The molecule has 0 saturated carbocycles. The van der Waals surface area contributed by atoms with Gasteiger partial charge in [0.05, 0.1) is 10.7 Å². The Kier molecular flexibility index (Phi) is 2.61. The lowest BCUT2D eigenvalue weighted by Crippen LogP contribution is -2.13. The van der Waals surface area contributed by atoms with Gasteiger partial charge in [0.15, 0.2) is 0 Å². The fraction of sp³-hybridized carbons (Fsp3) is 0.625. The van der Waals surface area contributed by atoms with Crippen molar-refractivity contribution in [1.82, 2.24) is 9.78 Å². The van der Waals surface area contributed by atoms with Crippen LogP contribution in [-0.4, -0.2) is 9.78 Å². The maximum atomic E-state index is 12.2. The Bertz CT molecular complexity index is 302. The second-order valence-electron chi connectivity index (χ2n) is 3.83. The van der Waals surface area contributed by atoms with Crippen LogP contribution in [0, 0.1) is 0 Å². The van der Waals surface area contributed by atoms with E-state index < -0.39 is 6.55 Å². The molecule has 0 radical (unpaired) electrons. The SMILES string of the molecule is CC(C)(C)c1nn(C(F)F)cc1Cl. The number of aromatic nitrogens is 2. The standard InChI is InChI=1S/C8H11ClF2N2/c1-8(2,3)6-5(9)4-13(12-6)7(10)11/h4,7H,1-3H3. The van der Waals surface area contributed by atoms with Crippen molar-refractivity contribution in [3.63, 3.8) is 0 Å². The van der Waals surface area contributed by atoms with Crippen LogP contribution in [0.3, 0.4) is 0 Å². The van der Waals surface area contributed by atoms with Crippen LogP contribution >= 0.6 is 11.6 Å². The highest BCUT2D eigenvalue weighted by Crippen LogP contribution is 2.28. The lowest BCUT2D eigenvalue weighted by atomic mass is 9.93. The van der Waals surface area contributed by atoms with Gasteiger partial charge < -0.3 is 0 Å². The first-order valence-corrected chi connectivity index (χ1v) is 4.23. The zero-order valence-electron chi connectivity index (χ0n) is 7.68. The summed E-state index contributed by atoms with van der Waals surface area (Å²) >= 11 is 5.76. The first-order chi connectivity index (χ1) is 5.82. The van der Waals surface area contributed by atoms with Crippen molar-refractivity contribution in [1.29, 1.82) is 0 Å². The number of hydrogen-bond acceptors (Lipinski definition) is 1. The lowest BCUT2D eigenvalue weighted by Gasteiger charge is -2.15. The predicted octanol–water partition coefficient (Wildman–Crippen LogP) is 3.23. The van der Waals surface area contributed by atoms with Gasteiger partial charge in [-0.25, -0.2) is 4.68 Å². The van der Waals surface area contributed by atoms with E-state index >= 15 is 0 Å². The lowest BCUT2D eigenvalue weighted by molar-refractivity contribution is 0.0558. The van der Waals surface area contributed by atoms with Gasteiger partial charge in [-0.3, -0.25) is 0 Å². The van der Waals surface area contributed by atoms with E-state index in [1.165, 1.54) is 0 Å². The highest BCUT2D eigenvalue weighted by molar-refractivity contribution is 6.31. The van der Waals surface area contributed by atoms with Crippen LogP contribution in [-0.2, 0) is 5.41 Å². The largest absolute Gasteiger partial charge is 0.333 e. The fourth-order valence-electron chi connectivity index (χ4n) is 0.978. The summed E-state index contributed by atoms with van der Waals surface area (Å²) in [6.45, 7) is 2.99. The number of alkyl halides is 2. The summed E-state index contributed by atoms with van der Waals surface area (Å²) in [5.41, 5.74) is 0.187. The second-order valence-corrected chi connectivity index (χ2v) is 4.24. The second kappa shape index (κ2) is 3.25. The van der Waals surface area contributed by atoms with Gasteiger partial charge in [-0.2, -0.15) is 13.9 Å². The molecule has 1 rings (SSSR count). The van der Waals surface area contributed by atoms with E-state index in [2.05, 4.69) is 5.10 Å². The molecule has 1 heterocycles. The number of halogens is 3. The maximum absolute atomic E-state index is 12.2. The zero-order chi connectivity index (χ0) is 10.2. The van der Waals surface area contributed by atoms with Gasteiger partial charge in [-0.05, 0) is 0 Å². The van der Waals surface area contributed by atoms with Crippen molar-refractivity contribution in [2.24, 2.45) is 0 Å². The number of hydrogen-bond donors (Lipinski definition) is 0. The van der Waals surface area contributed by atoms with Crippen molar-refractivity contribution >= 4 is 11.6 Å². The van der Waals surface area contributed by atoms with Gasteiger partial charge in [-0.1, -0.05) is 32.4 Å². The maximum Gasteiger partial charge on any atom is 0.333 e. The third-order valence-corrected chi connectivity index (χ3v) is 1.87. The summed E-state index contributed by atoms with van der Waals surface area (Å²) in [4.78, 5) is 0. The molecular weight excluding hydrogens is 198 g/mol. The summed E-state index contributed by atoms with van der Waals surface area (Å²) < 4.78 is 25.0. The minimum Gasteiger partial charge on any atom is -0.210 e. The summed E-state index contributed by atoms with van der Waals surface area (Å²) in [7, 11) is 0. The van der Waals surface area contributed by atoms with Crippen LogP contribution in [0.25, 0.3) is 0 Å². The monoisotopic (exact) mass is 208 g/mol. The van der Waals surface area contributed by atoms with E-state index in [1.807, 2.05) is 20.8 Å². The Labute approximate surface area is 80.5 Å². The van der Waals surface area contributed by atoms with Crippen LogP contribution in [0.5, 0.6) is 0 Å². The van der Waals surface area contributed by atoms with E-state index in [1.54, 1.807) is 0 Å². The normalized spacial score (nSPS) is 12.5. The Morgan fingerprint density at radius 2 is 2.00 bits per heavy atom. The molecule has 0 saturated heterocycles. The first-order valence-electron chi connectivity index (χ1n) is 3.85. The van der Waals surface area contributed by atoms with Gasteiger partial charge in [0.1, 0.15) is 0 Å². The van der Waals surface area contributed by atoms with Crippen molar-refractivity contribution in [2.75, 3.05) is 0 Å². The van der Waals surface area contributed by atoms with E-state index in [0.29, 0.717) is 10.4 Å². The van der Waals surface area contributed by atoms with Crippen LogP contribution in [0.15, 0.2) is 6.20 Å². The summed E-state index contributed by atoms with van der Waals surface area (Å²) in [5.74, 6) is 0. The van der Waals surface area contributed by atoms with E-state index in [0.717, 1.165) is 6.20 Å². The third kappa shape index (κ3) is 2.18. The molecule has 1 aromatic heterocycles. The van der Waals surface area contributed by atoms with Gasteiger partial charge in [0, 0.05) is 11.6 Å². The molecule has 0 spiro atoms. The molecule has 0 aliphatic heterocycles. The molecule has 0 atom stereocenters. The van der Waals surface area contributed by atoms with Crippen LogP contribution in [0.2, 0.25) is 5.02 Å². The first kappa shape index (κ1) is 10.4. The van der Waals surface area contributed by atoms with Crippen molar-refractivity contribution < 1.29 is 8.78 Å². The molecule has 0 bridgehead atoms. The Morgan fingerprint density at radius 3 is 2.23 bits per heavy atom. The Balaban J connectivity index is 3.11. The van der Waals surface area contributed by atoms with Crippen molar-refractivity contribution in [3.8, 4) is 0 Å². The topological polar surface area (TPSA) is 17.8 Å². The summed E-state index contributed by atoms with van der Waals surface area (Å²) in [6, 6.07) is 0. The molecule has 74 valence electrons. The molecular formula is C8H11ClF2N2. The number of rotatable bonds is 1. The molecule has 0 N–H and O–H groups in total. The minimum atomic E-state index is -2.63. The number of nitrogens with zero attached hydrogens (tertiary/aromatic N) is 2. The zero-order valence-corrected chi connectivity index (χ0v) is 8.44. The molecule has 0 aliphatic rings. The average molecular weight is 209 g/mol. The van der Waals surface area contributed by atoms with Gasteiger partial charge >= 0.3 is 6.55 Å². The summed E-state index contributed by atoms with van der Waals surface area (Å²) in [6.07, 6.45) is 1.15. The highest BCUT2D eigenvalue weighted by atomic mass is 35.5. The molecule has 0 fully saturated rings. The van der Waals surface area contributed by atoms with E-state index in [9.17, 15) is 8.78 Å².